The van der Waals surface area contributed by atoms with Crippen molar-refractivity contribution in [3.63, 3.8) is 0 Å². The third-order valence-electron chi connectivity index (χ3n) is 4.47. The van der Waals surface area contributed by atoms with E-state index in [4.69, 9.17) is 15.3 Å². The molecule has 0 bridgehead atoms. The van der Waals surface area contributed by atoms with Gasteiger partial charge in [-0.3, -0.25) is 0 Å². The summed E-state index contributed by atoms with van der Waals surface area (Å²) in [7, 11) is 0. The molecule has 134 valence electrons. The van der Waals surface area contributed by atoms with E-state index in [9.17, 15) is 4.79 Å². The molecular weight excluding hydrogens is 326 g/mol. The van der Waals surface area contributed by atoms with Crippen molar-refractivity contribution in [3.8, 4) is 0 Å². The average molecular weight is 353 g/mol. The van der Waals surface area contributed by atoms with E-state index in [1.54, 1.807) is 12.3 Å². The Balaban J connectivity index is 2.20. The van der Waals surface area contributed by atoms with Crippen LogP contribution in [0.25, 0.3) is 0 Å². The van der Waals surface area contributed by atoms with Crippen LogP contribution >= 0.6 is 11.3 Å². The van der Waals surface area contributed by atoms with E-state index in [1.807, 2.05) is 0 Å². The molecule has 1 aliphatic rings. The standard InChI is InChI=1S/C17H27N3O3S/c1-5-22-16(21)15(13-9-24-17(18)19-13)20-23-14-8-11(4)6-7-12(14)10(2)3/h9-12,14H,5-8H2,1-4H3,(H2,18,19)/t11-,12+,14+/m1/s1. The van der Waals surface area contributed by atoms with E-state index < -0.39 is 5.97 Å². The van der Waals surface area contributed by atoms with Crippen LogP contribution in [0.4, 0.5) is 5.13 Å². The summed E-state index contributed by atoms with van der Waals surface area (Å²) in [6.07, 6.45) is 3.29. The molecule has 24 heavy (non-hydrogen) atoms. The van der Waals surface area contributed by atoms with Gasteiger partial charge in [0.1, 0.15) is 11.8 Å². The molecule has 6 nitrogen and oxygen atoms in total. The van der Waals surface area contributed by atoms with Gasteiger partial charge in [-0.2, -0.15) is 0 Å². The highest BCUT2D eigenvalue weighted by molar-refractivity contribution is 7.13. The summed E-state index contributed by atoms with van der Waals surface area (Å²) in [5, 5.41) is 6.22. The number of aromatic nitrogens is 1. The van der Waals surface area contributed by atoms with Crippen molar-refractivity contribution in [1.82, 2.24) is 4.98 Å². The lowest BCUT2D eigenvalue weighted by Crippen LogP contribution is -2.34. The number of carbonyl (C=O) groups is 1. The molecule has 0 saturated heterocycles. The fraction of sp³-hybridized carbons (Fsp3) is 0.706. The van der Waals surface area contributed by atoms with Gasteiger partial charge in [0, 0.05) is 11.3 Å². The van der Waals surface area contributed by atoms with Gasteiger partial charge >= 0.3 is 5.97 Å². The van der Waals surface area contributed by atoms with Crippen molar-refractivity contribution in [2.75, 3.05) is 12.3 Å². The van der Waals surface area contributed by atoms with Gasteiger partial charge in [-0.05, 0) is 31.6 Å². The molecule has 1 fully saturated rings. The minimum absolute atomic E-state index is 0.00848. The van der Waals surface area contributed by atoms with Crippen LogP contribution in [0, 0.1) is 17.8 Å². The molecule has 3 atom stereocenters. The van der Waals surface area contributed by atoms with E-state index in [0.29, 0.717) is 28.6 Å². The lowest BCUT2D eigenvalue weighted by Gasteiger charge is -2.35. The number of oxime groups is 1. The third-order valence-corrected chi connectivity index (χ3v) is 5.15. The Kier molecular flexibility index (Phi) is 6.60. The van der Waals surface area contributed by atoms with E-state index in [2.05, 4.69) is 30.9 Å². The Morgan fingerprint density at radius 2 is 2.25 bits per heavy atom. The second kappa shape index (κ2) is 8.46. The normalized spacial score (nSPS) is 24.9. The molecule has 0 aromatic carbocycles. The maximum Gasteiger partial charge on any atom is 0.362 e. The van der Waals surface area contributed by atoms with Crippen molar-refractivity contribution >= 4 is 28.1 Å². The van der Waals surface area contributed by atoms with Crippen LogP contribution in [0.5, 0.6) is 0 Å². The van der Waals surface area contributed by atoms with E-state index in [-0.39, 0.29) is 18.4 Å². The van der Waals surface area contributed by atoms with Gasteiger partial charge in [-0.25, -0.2) is 9.78 Å². The topological polar surface area (TPSA) is 86.8 Å². The third kappa shape index (κ3) is 4.69. The number of nitrogen functional groups attached to an aromatic ring is 1. The molecule has 1 aromatic heterocycles. The van der Waals surface area contributed by atoms with Gasteiger partial charge in [0.25, 0.3) is 0 Å². The summed E-state index contributed by atoms with van der Waals surface area (Å²) in [5.74, 6) is 1.02. The number of anilines is 1. The number of rotatable bonds is 6. The molecule has 0 unspecified atom stereocenters. The van der Waals surface area contributed by atoms with Crippen molar-refractivity contribution in [2.24, 2.45) is 22.9 Å². The van der Waals surface area contributed by atoms with Crippen molar-refractivity contribution in [2.45, 2.75) is 53.1 Å². The van der Waals surface area contributed by atoms with Crippen LogP contribution < -0.4 is 5.73 Å². The summed E-state index contributed by atoms with van der Waals surface area (Å²) in [4.78, 5) is 22.2. The molecule has 1 aliphatic carbocycles. The van der Waals surface area contributed by atoms with Gasteiger partial charge in [-0.1, -0.05) is 32.3 Å². The predicted molar refractivity (Wildman–Crippen MR) is 95.9 cm³/mol. The van der Waals surface area contributed by atoms with Crippen LogP contribution in [0.1, 0.15) is 52.7 Å². The second-order valence-electron chi connectivity index (χ2n) is 6.70. The van der Waals surface area contributed by atoms with Crippen LogP contribution in [0.2, 0.25) is 0 Å². The first kappa shape index (κ1) is 18.7. The highest BCUT2D eigenvalue weighted by Crippen LogP contribution is 2.35. The maximum atomic E-state index is 12.2. The second-order valence-corrected chi connectivity index (χ2v) is 7.59. The smallest absolute Gasteiger partial charge is 0.362 e. The Morgan fingerprint density at radius 3 is 2.83 bits per heavy atom. The first-order valence-corrected chi connectivity index (χ1v) is 9.42. The van der Waals surface area contributed by atoms with E-state index >= 15 is 0 Å². The fourth-order valence-corrected chi connectivity index (χ4v) is 3.69. The number of esters is 1. The molecule has 1 aromatic rings. The number of hydrogen-bond acceptors (Lipinski definition) is 7. The number of thiazole rings is 1. The molecule has 0 spiro atoms. The van der Waals surface area contributed by atoms with E-state index in [1.165, 1.54) is 17.8 Å². The number of carbonyl (C=O) groups excluding carboxylic acids is 1. The van der Waals surface area contributed by atoms with Gasteiger partial charge < -0.3 is 15.3 Å². The number of nitrogens with zero attached hydrogens (tertiary/aromatic N) is 2. The minimum atomic E-state index is -0.534. The van der Waals surface area contributed by atoms with Gasteiger partial charge in [-0.15, -0.1) is 11.3 Å². The molecule has 2 rings (SSSR count). The van der Waals surface area contributed by atoms with Crippen molar-refractivity contribution in [1.29, 1.82) is 0 Å². The fourth-order valence-electron chi connectivity index (χ4n) is 3.14. The number of hydrogen-bond donors (Lipinski definition) is 1. The largest absolute Gasteiger partial charge is 0.461 e. The monoisotopic (exact) mass is 353 g/mol. The Bertz CT molecular complexity index is 585. The zero-order chi connectivity index (χ0) is 17.7. The predicted octanol–water partition coefficient (Wildman–Crippen LogP) is 3.47. The van der Waals surface area contributed by atoms with E-state index in [0.717, 1.165) is 12.8 Å². The molecule has 7 heteroatoms. The van der Waals surface area contributed by atoms with Crippen LogP contribution in [0.15, 0.2) is 10.5 Å². The SMILES string of the molecule is CCOC(=O)C(=NO[C@H]1C[C@H](C)CC[C@H]1C(C)C)c1csc(N)n1. The quantitative estimate of drug-likeness (QED) is 0.481. The van der Waals surface area contributed by atoms with Crippen LogP contribution in [0.3, 0.4) is 0 Å². The average Bonchev–Trinajstić information content (AvgIpc) is 2.94. The molecule has 1 saturated carbocycles. The molecule has 0 amide bonds. The molecule has 1 heterocycles. The van der Waals surface area contributed by atoms with Gasteiger partial charge in [0.15, 0.2) is 5.13 Å². The first-order chi connectivity index (χ1) is 11.4. The zero-order valence-electron chi connectivity index (χ0n) is 14.8. The Morgan fingerprint density at radius 1 is 1.50 bits per heavy atom. The van der Waals surface area contributed by atoms with Crippen LogP contribution in [-0.4, -0.2) is 29.4 Å². The van der Waals surface area contributed by atoms with Gasteiger partial charge in [0.05, 0.1) is 6.61 Å². The maximum absolute atomic E-state index is 12.2. The molecule has 0 aliphatic heterocycles. The summed E-state index contributed by atoms with van der Waals surface area (Å²) < 4.78 is 5.08. The lowest BCUT2D eigenvalue weighted by atomic mass is 9.75. The Hall–Kier alpha value is -1.63. The highest BCUT2D eigenvalue weighted by atomic mass is 32.1. The molecule has 0 radical (unpaired) electrons. The van der Waals surface area contributed by atoms with Crippen LogP contribution in [-0.2, 0) is 14.4 Å². The molecular formula is C17H27N3O3S. The summed E-state index contributed by atoms with van der Waals surface area (Å²) in [6.45, 7) is 8.65. The van der Waals surface area contributed by atoms with Crippen molar-refractivity contribution < 1.29 is 14.4 Å². The summed E-state index contributed by atoms with van der Waals surface area (Å²) >= 11 is 1.26. The molecule has 2 N–H and O–H groups in total. The lowest BCUT2D eigenvalue weighted by molar-refractivity contribution is -0.135. The number of nitrogens with two attached hydrogens (primary N) is 1. The summed E-state index contributed by atoms with van der Waals surface area (Å²) in [6, 6.07) is 0. The first-order valence-electron chi connectivity index (χ1n) is 8.54. The van der Waals surface area contributed by atoms with Crippen molar-refractivity contribution in [3.05, 3.63) is 11.1 Å². The number of ether oxygens (including phenoxy) is 1. The van der Waals surface area contributed by atoms with Gasteiger partial charge in [0.2, 0.25) is 5.71 Å². The minimum Gasteiger partial charge on any atom is -0.461 e. The Labute approximate surface area is 147 Å². The highest BCUT2D eigenvalue weighted by Gasteiger charge is 2.33. The zero-order valence-corrected chi connectivity index (χ0v) is 15.6. The summed E-state index contributed by atoms with van der Waals surface area (Å²) in [5.41, 5.74) is 6.16.